The monoisotopic (exact) mass is 470 g/mol. The average molecular weight is 471 g/mol. The molecule has 0 unspecified atom stereocenters. The summed E-state index contributed by atoms with van der Waals surface area (Å²) in [5, 5.41) is 19.1. The summed E-state index contributed by atoms with van der Waals surface area (Å²) in [7, 11) is 0. The van der Waals surface area contributed by atoms with E-state index in [9.17, 15) is 20.1 Å². The first-order valence-electron chi connectivity index (χ1n) is 10.6. The molecule has 0 N–H and O–H groups in total. The quantitative estimate of drug-likeness (QED) is 0.236. The lowest BCUT2D eigenvalue weighted by Gasteiger charge is -2.07. The lowest BCUT2D eigenvalue weighted by atomic mass is 10.0. The molecule has 1 heterocycles. The predicted molar refractivity (Wildman–Crippen MR) is 129 cm³/mol. The number of allylic oxidation sites excluding steroid dienone is 1. The van der Waals surface area contributed by atoms with Gasteiger partial charge in [-0.25, -0.2) is 4.79 Å². The van der Waals surface area contributed by atoms with E-state index in [2.05, 4.69) is 6.07 Å². The van der Waals surface area contributed by atoms with Crippen molar-refractivity contribution in [1.29, 1.82) is 10.5 Å². The highest BCUT2D eigenvalue weighted by Gasteiger charge is 2.23. The predicted octanol–water partition coefficient (Wildman–Crippen LogP) is 5.40. The van der Waals surface area contributed by atoms with Gasteiger partial charge in [-0.3, -0.25) is 4.79 Å². The van der Waals surface area contributed by atoms with Crippen LogP contribution >= 0.6 is 11.3 Å². The maximum atomic E-state index is 12.9. The zero-order valence-electron chi connectivity index (χ0n) is 18.8. The van der Waals surface area contributed by atoms with Gasteiger partial charge in [0.05, 0.1) is 17.7 Å². The van der Waals surface area contributed by atoms with Crippen LogP contribution < -0.4 is 4.74 Å². The summed E-state index contributed by atoms with van der Waals surface area (Å²) in [5.41, 5.74) is 2.38. The first kappa shape index (κ1) is 24.4. The highest BCUT2D eigenvalue weighted by molar-refractivity contribution is 7.14. The van der Waals surface area contributed by atoms with E-state index >= 15 is 0 Å². The van der Waals surface area contributed by atoms with Crippen molar-refractivity contribution in [2.75, 3.05) is 6.61 Å². The van der Waals surface area contributed by atoms with Crippen LogP contribution in [0.4, 0.5) is 0 Å². The van der Waals surface area contributed by atoms with Crippen molar-refractivity contribution < 1.29 is 19.1 Å². The third-order valence-corrected chi connectivity index (χ3v) is 6.22. The molecule has 170 valence electrons. The van der Waals surface area contributed by atoms with Gasteiger partial charge in [-0.2, -0.15) is 10.5 Å². The van der Waals surface area contributed by atoms with Crippen molar-refractivity contribution in [3.8, 4) is 17.9 Å². The van der Waals surface area contributed by atoms with Gasteiger partial charge in [-0.1, -0.05) is 42.5 Å². The van der Waals surface area contributed by atoms with Crippen LogP contribution in [-0.4, -0.2) is 18.4 Å². The molecule has 0 atom stereocenters. The fraction of sp³-hybridized carbons (Fsp3) is 0.185. The van der Waals surface area contributed by atoms with Crippen LogP contribution in [0.15, 0.2) is 60.2 Å². The number of esters is 1. The van der Waals surface area contributed by atoms with Gasteiger partial charge in [0.15, 0.2) is 5.78 Å². The van der Waals surface area contributed by atoms with Crippen LogP contribution in [0.25, 0.3) is 6.08 Å². The third kappa shape index (κ3) is 5.98. The maximum Gasteiger partial charge on any atom is 0.348 e. The van der Waals surface area contributed by atoms with Crippen molar-refractivity contribution in [1.82, 2.24) is 0 Å². The van der Waals surface area contributed by atoms with E-state index in [4.69, 9.17) is 9.47 Å². The second kappa shape index (κ2) is 11.6. The maximum absolute atomic E-state index is 12.9. The minimum absolute atomic E-state index is 0.0483. The van der Waals surface area contributed by atoms with Crippen LogP contribution in [0.3, 0.4) is 0 Å². The molecule has 6 nitrogen and oxygen atoms in total. The van der Waals surface area contributed by atoms with Crippen molar-refractivity contribution in [3.63, 3.8) is 0 Å². The molecule has 3 rings (SSSR count). The number of nitrogens with zero attached hydrogens (tertiary/aromatic N) is 2. The SMILES string of the molecule is CCOC(=O)c1sc(CC(=O)/C(C#N)=C/c2cccc(OCc3ccccc3)c2)c(C#N)c1C. The van der Waals surface area contributed by atoms with Crippen LogP contribution in [0, 0.1) is 29.6 Å². The fourth-order valence-electron chi connectivity index (χ4n) is 3.25. The van der Waals surface area contributed by atoms with Gasteiger partial charge in [0, 0.05) is 11.3 Å². The van der Waals surface area contributed by atoms with Crippen LogP contribution in [-0.2, 0) is 22.6 Å². The van der Waals surface area contributed by atoms with Crippen LogP contribution in [0.1, 0.15) is 43.7 Å². The summed E-state index contributed by atoms with van der Waals surface area (Å²) in [6.07, 6.45) is 1.34. The lowest BCUT2D eigenvalue weighted by Crippen LogP contribution is -2.05. The molecular formula is C27H22N2O4S. The Morgan fingerprint density at radius 3 is 2.53 bits per heavy atom. The highest BCUT2D eigenvalue weighted by Crippen LogP contribution is 2.30. The second-order valence-corrected chi connectivity index (χ2v) is 8.41. The number of carbonyl (C=O) groups excluding carboxylic acids is 2. The number of hydrogen-bond donors (Lipinski definition) is 0. The van der Waals surface area contributed by atoms with Gasteiger partial charge >= 0.3 is 5.97 Å². The number of carbonyl (C=O) groups is 2. The standard InChI is InChI=1S/C27H22N2O4S/c1-3-32-27(31)26-18(2)23(16-29)25(34-26)14-24(30)21(15-28)12-20-10-7-11-22(13-20)33-17-19-8-5-4-6-9-19/h4-13H,3,14,17H2,1-2H3/b21-12+. The third-order valence-electron chi connectivity index (χ3n) is 4.95. The van der Waals surface area contributed by atoms with Gasteiger partial charge in [-0.15, -0.1) is 11.3 Å². The lowest BCUT2D eigenvalue weighted by molar-refractivity contribution is -0.114. The number of Topliss-reactive ketones (excluding diaryl/α,β-unsaturated/α-hetero) is 1. The summed E-state index contributed by atoms with van der Waals surface area (Å²) in [6, 6.07) is 20.9. The topological polar surface area (TPSA) is 100 Å². The number of ether oxygens (including phenoxy) is 2. The Balaban J connectivity index is 1.78. The van der Waals surface area contributed by atoms with Crippen molar-refractivity contribution in [2.45, 2.75) is 26.9 Å². The Kier molecular flexibility index (Phi) is 8.34. The minimum Gasteiger partial charge on any atom is -0.489 e. The zero-order chi connectivity index (χ0) is 24.5. The molecular weight excluding hydrogens is 448 g/mol. The molecule has 0 spiro atoms. The minimum atomic E-state index is -0.524. The second-order valence-electron chi connectivity index (χ2n) is 7.30. The van der Waals surface area contributed by atoms with Crippen molar-refractivity contribution >= 4 is 29.2 Å². The van der Waals surface area contributed by atoms with Gasteiger partial charge in [0.1, 0.15) is 29.4 Å². The van der Waals surface area contributed by atoms with Gasteiger partial charge < -0.3 is 9.47 Å². The molecule has 0 bridgehead atoms. The summed E-state index contributed by atoms with van der Waals surface area (Å²) >= 11 is 1.05. The number of rotatable bonds is 9. The molecule has 0 saturated carbocycles. The largest absolute Gasteiger partial charge is 0.489 e. The van der Waals surface area contributed by atoms with E-state index in [0.717, 1.165) is 16.9 Å². The number of thiophene rings is 1. The number of ketones is 1. The van der Waals surface area contributed by atoms with E-state index < -0.39 is 11.8 Å². The van der Waals surface area contributed by atoms with Gasteiger partial charge in [-0.05, 0) is 48.7 Å². The number of hydrogen-bond acceptors (Lipinski definition) is 7. The summed E-state index contributed by atoms with van der Waals surface area (Å²) < 4.78 is 10.9. The van der Waals surface area contributed by atoms with E-state index in [0.29, 0.717) is 33.2 Å². The molecule has 0 saturated heterocycles. The average Bonchev–Trinajstić information content (AvgIpc) is 3.17. The summed E-state index contributed by atoms with van der Waals surface area (Å²) in [6.45, 7) is 3.96. The fourth-order valence-corrected chi connectivity index (χ4v) is 4.40. The Morgan fingerprint density at radius 1 is 1.09 bits per heavy atom. The smallest absolute Gasteiger partial charge is 0.348 e. The molecule has 2 aromatic carbocycles. The Hall–Kier alpha value is -4.20. The Labute approximate surface area is 202 Å². The van der Waals surface area contributed by atoms with E-state index in [1.807, 2.05) is 36.4 Å². The van der Waals surface area contributed by atoms with E-state index in [-0.39, 0.29) is 24.2 Å². The van der Waals surface area contributed by atoms with E-state index in [1.165, 1.54) is 6.08 Å². The van der Waals surface area contributed by atoms with Crippen LogP contribution in [0.2, 0.25) is 0 Å². The first-order valence-corrected chi connectivity index (χ1v) is 11.4. The van der Waals surface area contributed by atoms with Crippen LogP contribution in [0.5, 0.6) is 5.75 Å². The Morgan fingerprint density at radius 2 is 1.85 bits per heavy atom. The molecule has 0 amide bonds. The highest BCUT2D eigenvalue weighted by atomic mass is 32.1. The number of nitriles is 2. The molecule has 3 aromatic rings. The molecule has 1 aromatic heterocycles. The Bertz CT molecular complexity index is 1310. The number of benzene rings is 2. The zero-order valence-corrected chi connectivity index (χ0v) is 19.6. The summed E-state index contributed by atoms with van der Waals surface area (Å²) in [5.74, 6) is -0.350. The molecule has 0 aliphatic heterocycles. The molecule has 0 aliphatic carbocycles. The normalized spacial score (nSPS) is 10.8. The molecule has 0 radical (unpaired) electrons. The molecule has 7 heteroatoms. The molecule has 34 heavy (non-hydrogen) atoms. The molecule has 0 fully saturated rings. The van der Waals surface area contributed by atoms with E-state index in [1.54, 1.807) is 38.1 Å². The molecule has 0 aliphatic rings. The van der Waals surface area contributed by atoms with Crippen molar-refractivity contribution in [2.24, 2.45) is 0 Å². The summed E-state index contributed by atoms with van der Waals surface area (Å²) in [4.78, 5) is 25.8. The van der Waals surface area contributed by atoms with Gasteiger partial charge in [0.2, 0.25) is 0 Å². The van der Waals surface area contributed by atoms with Gasteiger partial charge in [0.25, 0.3) is 0 Å². The van der Waals surface area contributed by atoms with Crippen molar-refractivity contribution in [3.05, 3.63) is 92.2 Å². The first-order chi connectivity index (χ1) is 16.5.